The predicted octanol–water partition coefficient (Wildman–Crippen LogP) is 4.22. The van der Waals surface area contributed by atoms with Gasteiger partial charge in [-0.05, 0) is 53.3 Å². The monoisotopic (exact) mass is 504 g/mol. The normalized spacial score (nSPS) is 16.4. The van der Waals surface area contributed by atoms with Crippen molar-refractivity contribution < 1.29 is 9.59 Å². The minimum atomic E-state index is -0.211. The van der Waals surface area contributed by atoms with Gasteiger partial charge in [-0.1, -0.05) is 41.7 Å². The molecule has 0 saturated carbocycles. The predicted molar refractivity (Wildman–Crippen MR) is 118 cm³/mol. The van der Waals surface area contributed by atoms with Crippen molar-refractivity contribution in [1.82, 2.24) is 10.2 Å². The van der Waals surface area contributed by atoms with Gasteiger partial charge in [0.05, 0.1) is 5.56 Å². The molecule has 8 heteroatoms. The van der Waals surface area contributed by atoms with Crippen LogP contribution in [0.3, 0.4) is 0 Å². The number of halogens is 1. The number of benzene rings is 2. The van der Waals surface area contributed by atoms with Crippen molar-refractivity contribution in [3.8, 4) is 0 Å². The van der Waals surface area contributed by atoms with Gasteiger partial charge < -0.3 is 4.90 Å². The summed E-state index contributed by atoms with van der Waals surface area (Å²) in [5.41, 5.74) is 2.60. The molecule has 3 aromatic rings. The zero-order chi connectivity index (χ0) is 19.7. The summed E-state index contributed by atoms with van der Waals surface area (Å²) in [6, 6.07) is 15.2. The lowest BCUT2D eigenvalue weighted by molar-refractivity contribution is -0.117. The van der Waals surface area contributed by atoms with E-state index >= 15 is 0 Å². The number of nitrogens with zero attached hydrogens (tertiary/aromatic N) is 3. The molecule has 1 unspecified atom stereocenters. The molecule has 0 spiro atoms. The van der Waals surface area contributed by atoms with Crippen LogP contribution in [0.1, 0.15) is 33.3 Å². The molecule has 1 aliphatic heterocycles. The molecule has 28 heavy (non-hydrogen) atoms. The first-order valence-electron chi connectivity index (χ1n) is 8.78. The highest BCUT2D eigenvalue weighted by atomic mass is 127. The average molecular weight is 504 g/mol. The van der Waals surface area contributed by atoms with Crippen LogP contribution in [0.2, 0.25) is 0 Å². The van der Waals surface area contributed by atoms with E-state index in [4.69, 9.17) is 0 Å². The van der Waals surface area contributed by atoms with Gasteiger partial charge in [-0.25, -0.2) is 0 Å². The van der Waals surface area contributed by atoms with E-state index in [-0.39, 0.29) is 17.7 Å². The van der Waals surface area contributed by atoms with Crippen LogP contribution in [0, 0.1) is 10.5 Å². The van der Waals surface area contributed by atoms with Crippen LogP contribution in [0.4, 0.5) is 10.8 Å². The minimum Gasteiger partial charge on any atom is -0.311 e. The van der Waals surface area contributed by atoms with Gasteiger partial charge in [0.2, 0.25) is 11.0 Å². The number of carbonyl (C=O) groups excluding carboxylic acids is 2. The first-order valence-corrected chi connectivity index (χ1v) is 10.7. The molecule has 1 atom stereocenters. The summed E-state index contributed by atoms with van der Waals surface area (Å²) in [6.07, 6.45) is 0.396. The number of carbonyl (C=O) groups is 2. The first-order chi connectivity index (χ1) is 13.5. The number of amides is 2. The van der Waals surface area contributed by atoms with E-state index in [0.717, 1.165) is 19.8 Å². The Kier molecular flexibility index (Phi) is 5.40. The molecule has 0 radical (unpaired) electrons. The van der Waals surface area contributed by atoms with Crippen molar-refractivity contribution in [3.63, 3.8) is 0 Å². The molecule has 2 amide bonds. The van der Waals surface area contributed by atoms with Gasteiger partial charge in [0.1, 0.15) is 5.01 Å². The molecule has 2 aromatic carbocycles. The van der Waals surface area contributed by atoms with Crippen LogP contribution in [0.5, 0.6) is 0 Å². The van der Waals surface area contributed by atoms with E-state index < -0.39 is 0 Å². The highest BCUT2D eigenvalue weighted by Crippen LogP contribution is 2.35. The zero-order valence-electron chi connectivity index (χ0n) is 15.1. The third-order valence-corrected chi connectivity index (χ3v) is 6.60. The van der Waals surface area contributed by atoms with Crippen molar-refractivity contribution in [2.24, 2.45) is 0 Å². The van der Waals surface area contributed by atoms with Crippen LogP contribution >= 0.6 is 33.9 Å². The number of anilines is 2. The summed E-state index contributed by atoms with van der Waals surface area (Å²) in [7, 11) is 0. The summed E-state index contributed by atoms with van der Waals surface area (Å²) in [5.74, 6) is -0.150. The SMILES string of the molecule is Cc1ccccc1N1CC(c2nnc(NC(=O)c3ccccc3I)s2)CC1=O. The van der Waals surface area contributed by atoms with E-state index in [2.05, 4.69) is 38.1 Å². The molecule has 142 valence electrons. The highest BCUT2D eigenvalue weighted by Gasteiger charge is 2.34. The second-order valence-electron chi connectivity index (χ2n) is 6.57. The van der Waals surface area contributed by atoms with Gasteiger partial charge in [-0.2, -0.15) is 0 Å². The molecule has 0 bridgehead atoms. The quantitative estimate of drug-likeness (QED) is 0.540. The zero-order valence-corrected chi connectivity index (χ0v) is 18.0. The van der Waals surface area contributed by atoms with Gasteiger partial charge in [0, 0.05) is 28.1 Å². The Morgan fingerprint density at radius 3 is 2.71 bits per heavy atom. The number of para-hydroxylation sites is 1. The van der Waals surface area contributed by atoms with Crippen molar-refractivity contribution in [3.05, 3.63) is 68.2 Å². The Labute approximate surface area is 180 Å². The Hall–Kier alpha value is -2.33. The second kappa shape index (κ2) is 7.96. The largest absolute Gasteiger partial charge is 0.311 e. The van der Waals surface area contributed by atoms with Gasteiger partial charge in [0.15, 0.2) is 0 Å². The molecular formula is C20H17IN4O2S. The minimum absolute atomic E-state index is 0.0212. The first kappa shape index (κ1) is 19.0. The molecule has 1 fully saturated rings. The topological polar surface area (TPSA) is 75.2 Å². The number of rotatable bonds is 4. The lowest BCUT2D eigenvalue weighted by Crippen LogP contribution is -2.25. The molecule has 4 rings (SSSR count). The standard InChI is InChI=1S/C20H17IN4O2S/c1-12-6-2-5-9-16(12)25-11-13(10-17(25)26)19-23-24-20(28-19)22-18(27)14-7-3-4-8-15(14)21/h2-9,13H,10-11H2,1H3,(H,22,24,27). The van der Waals surface area contributed by atoms with Crippen LogP contribution in [-0.2, 0) is 4.79 Å². The number of nitrogens with one attached hydrogen (secondary N) is 1. The molecule has 0 aliphatic carbocycles. The molecule has 1 N–H and O–H groups in total. The number of hydrogen-bond donors (Lipinski definition) is 1. The van der Waals surface area contributed by atoms with Crippen molar-refractivity contribution >= 4 is 56.6 Å². The van der Waals surface area contributed by atoms with Gasteiger partial charge >= 0.3 is 0 Å². The maximum Gasteiger partial charge on any atom is 0.258 e. The van der Waals surface area contributed by atoms with E-state index in [9.17, 15) is 9.59 Å². The van der Waals surface area contributed by atoms with Crippen LogP contribution in [0.15, 0.2) is 48.5 Å². The fourth-order valence-corrected chi connectivity index (χ4v) is 4.69. The van der Waals surface area contributed by atoms with Crippen molar-refractivity contribution in [2.75, 3.05) is 16.8 Å². The van der Waals surface area contributed by atoms with E-state index in [1.807, 2.05) is 54.3 Å². The Morgan fingerprint density at radius 1 is 1.18 bits per heavy atom. The Balaban J connectivity index is 1.48. The number of aryl methyl sites for hydroxylation is 1. The molecule has 1 aliphatic rings. The summed E-state index contributed by atoms with van der Waals surface area (Å²) in [5, 5.41) is 12.3. The van der Waals surface area contributed by atoms with Crippen LogP contribution < -0.4 is 10.2 Å². The second-order valence-corrected chi connectivity index (χ2v) is 8.74. The molecule has 2 heterocycles. The van der Waals surface area contributed by atoms with Crippen LogP contribution in [-0.4, -0.2) is 28.6 Å². The summed E-state index contributed by atoms with van der Waals surface area (Å²) >= 11 is 3.46. The lowest BCUT2D eigenvalue weighted by atomic mass is 10.1. The van der Waals surface area contributed by atoms with E-state index in [1.165, 1.54) is 11.3 Å². The Bertz CT molecular complexity index is 1050. The van der Waals surface area contributed by atoms with Gasteiger partial charge in [0.25, 0.3) is 5.91 Å². The molecule has 1 aromatic heterocycles. The van der Waals surface area contributed by atoms with Crippen molar-refractivity contribution in [2.45, 2.75) is 19.3 Å². The van der Waals surface area contributed by atoms with Gasteiger partial charge in [-0.15, -0.1) is 10.2 Å². The lowest BCUT2D eigenvalue weighted by Gasteiger charge is -2.18. The van der Waals surface area contributed by atoms with E-state index in [1.54, 1.807) is 6.07 Å². The smallest absolute Gasteiger partial charge is 0.258 e. The molecular weight excluding hydrogens is 487 g/mol. The maximum atomic E-state index is 12.5. The third kappa shape index (κ3) is 3.79. The maximum absolute atomic E-state index is 12.5. The summed E-state index contributed by atoms with van der Waals surface area (Å²) < 4.78 is 0.873. The molecule has 6 nitrogen and oxygen atoms in total. The highest BCUT2D eigenvalue weighted by molar-refractivity contribution is 14.1. The fourth-order valence-electron chi connectivity index (χ4n) is 3.23. The summed E-state index contributed by atoms with van der Waals surface area (Å²) in [6.45, 7) is 2.57. The van der Waals surface area contributed by atoms with Crippen molar-refractivity contribution in [1.29, 1.82) is 0 Å². The Morgan fingerprint density at radius 2 is 1.93 bits per heavy atom. The number of hydrogen-bond acceptors (Lipinski definition) is 5. The van der Waals surface area contributed by atoms with E-state index in [0.29, 0.717) is 23.7 Å². The average Bonchev–Trinajstić information content (AvgIpc) is 3.29. The van der Waals surface area contributed by atoms with Crippen LogP contribution in [0.25, 0.3) is 0 Å². The third-order valence-electron chi connectivity index (χ3n) is 4.66. The van der Waals surface area contributed by atoms with Gasteiger partial charge in [-0.3, -0.25) is 14.9 Å². The number of aromatic nitrogens is 2. The summed E-state index contributed by atoms with van der Waals surface area (Å²) in [4.78, 5) is 26.8. The molecule has 1 saturated heterocycles. The fraction of sp³-hybridized carbons (Fsp3) is 0.200.